The number of rotatable bonds is 4. The van der Waals surface area contributed by atoms with Crippen molar-refractivity contribution in [2.75, 3.05) is 13.1 Å². The van der Waals surface area contributed by atoms with Gasteiger partial charge in [0.25, 0.3) is 11.6 Å². The Morgan fingerprint density at radius 2 is 2.09 bits per heavy atom. The molecule has 0 bridgehead atoms. The second-order valence-electron chi connectivity index (χ2n) is 5.94. The van der Waals surface area contributed by atoms with E-state index in [1.807, 2.05) is 13.8 Å². The van der Waals surface area contributed by atoms with E-state index in [0.717, 1.165) is 12.8 Å². The van der Waals surface area contributed by atoms with Crippen molar-refractivity contribution in [1.82, 2.24) is 4.90 Å². The van der Waals surface area contributed by atoms with Crippen LogP contribution in [0.1, 0.15) is 42.6 Å². The summed E-state index contributed by atoms with van der Waals surface area (Å²) in [5.41, 5.74) is 6.98. The van der Waals surface area contributed by atoms with Gasteiger partial charge in [0, 0.05) is 36.3 Å². The molecule has 0 saturated carbocycles. The van der Waals surface area contributed by atoms with Gasteiger partial charge in [0.15, 0.2) is 0 Å². The third kappa shape index (κ3) is 3.44. The minimum Gasteiger partial charge on any atom is -0.339 e. The van der Waals surface area contributed by atoms with E-state index in [2.05, 4.69) is 0 Å². The lowest BCUT2D eigenvalue weighted by Gasteiger charge is -2.33. The van der Waals surface area contributed by atoms with Crippen molar-refractivity contribution in [1.29, 1.82) is 0 Å². The number of benzene rings is 1. The number of amides is 1. The van der Waals surface area contributed by atoms with Gasteiger partial charge in [-0.05, 0) is 38.2 Å². The third-order valence-corrected chi connectivity index (χ3v) is 4.48. The highest BCUT2D eigenvalue weighted by Crippen LogP contribution is 2.24. The highest BCUT2D eigenvalue weighted by molar-refractivity contribution is 5.95. The van der Waals surface area contributed by atoms with Crippen LogP contribution in [0.5, 0.6) is 0 Å². The van der Waals surface area contributed by atoms with Gasteiger partial charge in [0.1, 0.15) is 0 Å². The predicted molar refractivity (Wildman–Crippen MR) is 84.8 cm³/mol. The average molecular weight is 305 g/mol. The molecule has 22 heavy (non-hydrogen) atoms. The van der Waals surface area contributed by atoms with Gasteiger partial charge < -0.3 is 10.6 Å². The first kappa shape index (κ1) is 16.4. The number of aryl methyl sites for hydroxylation is 1. The summed E-state index contributed by atoms with van der Waals surface area (Å²) in [6, 6.07) is 4.91. The Kier molecular flexibility index (Phi) is 5.13. The number of piperidine rings is 1. The van der Waals surface area contributed by atoms with Crippen molar-refractivity contribution in [2.24, 2.45) is 11.7 Å². The highest BCUT2D eigenvalue weighted by Gasteiger charge is 2.26. The molecule has 120 valence electrons. The van der Waals surface area contributed by atoms with Gasteiger partial charge in [-0.25, -0.2) is 0 Å². The Morgan fingerprint density at radius 3 is 2.59 bits per heavy atom. The molecule has 6 nitrogen and oxygen atoms in total. The van der Waals surface area contributed by atoms with Gasteiger partial charge in [-0.15, -0.1) is 0 Å². The van der Waals surface area contributed by atoms with Gasteiger partial charge in [-0.2, -0.15) is 0 Å². The molecule has 2 rings (SSSR count). The van der Waals surface area contributed by atoms with Crippen LogP contribution in [-0.2, 0) is 6.42 Å². The quantitative estimate of drug-likeness (QED) is 0.683. The van der Waals surface area contributed by atoms with Crippen LogP contribution >= 0.6 is 0 Å². The number of nitro groups is 1. The van der Waals surface area contributed by atoms with Gasteiger partial charge in [0.05, 0.1) is 4.92 Å². The van der Waals surface area contributed by atoms with Crippen molar-refractivity contribution in [3.63, 3.8) is 0 Å². The molecule has 0 aromatic heterocycles. The lowest BCUT2D eigenvalue weighted by molar-refractivity contribution is -0.385. The van der Waals surface area contributed by atoms with E-state index in [4.69, 9.17) is 5.73 Å². The van der Waals surface area contributed by atoms with Crippen LogP contribution in [0.2, 0.25) is 0 Å². The Bertz CT molecular complexity index is 564. The minimum atomic E-state index is -0.419. The number of nitro benzene ring substituents is 1. The summed E-state index contributed by atoms with van der Waals surface area (Å²) in [5.74, 6) is 0.315. The molecule has 1 unspecified atom stereocenters. The number of nitrogens with zero attached hydrogens (tertiary/aromatic N) is 2. The molecule has 2 N–H and O–H groups in total. The summed E-state index contributed by atoms with van der Waals surface area (Å²) in [4.78, 5) is 25.0. The molecule has 0 spiro atoms. The zero-order valence-electron chi connectivity index (χ0n) is 13.1. The van der Waals surface area contributed by atoms with Crippen molar-refractivity contribution in [3.05, 3.63) is 39.4 Å². The molecule has 1 aromatic rings. The van der Waals surface area contributed by atoms with Gasteiger partial charge in [-0.1, -0.05) is 13.0 Å². The van der Waals surface area contributed by atoms with Crippen molar-refractivity contribution in [2.45, 2.75) is 39.2 Å². The summed E-state index contributed by atoms with van der Waals surface area (Å²) >= 11 is 0. The predicted octanol–water partition coefficient (Wildman–Crippen LogP) is 2.36. The fourth-order valence-electron chi connectivity index (χ4n) is 2.98. The Balaban J connectivity index is 2.13. The largest absolute Gasteiger partial charge is 0.339 e. The molecular formula is C16H23N3O3. The molecule has 1 aliphatic rings. The summed E-state index contributed by atoms with van der Waals surface area (Å²) in [7, 11) is 0. The highest BCUT2D eigenvalue weighted by atomic mass is 16.6. The topological polar surface area (TPSA) is 89.5 Å². The van der Waals surface area contributed by atoms with E-state index in [1.54, 1.807) is 17.0 Å². The van der Waals surface area contributed by atoms with Gasteiger partial charge >= 0.3 is 0 Å². The van der Waals surface area contributed by atoms with Gasteiger partial charge in [-0.3, -0.25) is 14.9 Å². The zero-order chi connectivity index (χ0) is 16.3. The molecule has 1 aromatic carbocycles. The maximum absolute atomic E-state index is 12.5. The molecule has 1 heterocycles. The maximum Gasteiger partial charge on any atom is 0.273 e. The SMILES string of the molecule is CCc1ccc(C(=O)N2CCC(C(C)N)CC2)cc1[N+](=O)[O-]. The van der Waals surface area contributed by atoms with Crippen LogP contribution in [0.4, 0.5) is 5.69 Å². The molecule has 1 fully saturated rings. The number of hydrogen-bond acceptors (Lipinski definition) is 4. The van der Waals surface area contributed by atoms with E-state index in [0.29, 0.717) is 36.6 Å². The number of hydrogen-bond donors (Lipinski definition) is 1. The monoisotopic (exact) mass is 305 g/mol. The van der Waals surface area contributed by atoms with Crippen LogP contribution in [0.3, 0.4) is 0 Å². The first-order chi connectivity index (χ1) is 10.4. The summed E-state index contributed by atoms with van der Waals surface area (Å²) < 4.78 is 0. The first-order valence-corrected chi connectivity index (χ1v) is 7.76. The van der Waals surface area contributed by atoms with Crippen LogP contribution in [0, 0.1) is 16.0 Å². The number of carbonyl (C=O) groups is 1. The maximum atomic E-state index is 12.5. The van der Waals surface area contributed by atoms with E-state index >= 15 is 0 Å². The second kappa shape index (κ2) is 6.87. The zero-order valence-corrected chi connectivity index (χ0v) is 13.1. The fraction of sp³-hybridized carbons (Fsp3) is 0.562. The van der Waals surface area contributed by atoms with Crippen molar-refractivity contribution >= 4 is 11.6 Å². The van der Waals surface area contributed by atoms with E-state index in [9.17, 15) is 14.9 Å². The van der Waals surface area contributed by atoms with Crippen molar-refractivity contribution in [3.8, 4) is 0 Å². The Labute approximate surface area is 130 Å². The van der Waals surface area contributed by atoms with E-state index < -0.39 is 4.92 Å². The Morgan fingerprint density at radius 1 is 1.45 bits per heavy atom. The Hall–Kier alpha value is -1.95. The van der Waals surface area contributed by atoms with E-state index in [1.165, 1.54) is 6.07 Å². The number of carbonyl (C=O) groups excluding carboxylic acids is 1. The molecular weight excluding hydrogens is 282 g/mol. The summed E-state index contributed by atoms with van der Waals surface area (Å²) in [6.07, 6.45) is 2.35. The van der Waals surface area contributed by atoms with Crippen LogP contribution in [-0.4, -0.2) is 34.9 Å². The normalized spacial score (nSPS) is 17.3. The smallest absolute Gasteiger partial charge is 0.273 e. The lowest BCUT2D eigenvalue weighted by atomic mass is 9.90. The van der Waals surface area contributed by atoms with Crippen LogP contribution in [0.15, 0.2) is 18.2 Å². The lowest BCUT2D eigenvalue weighted by Crippen LogP contribution is -2.42. The molecule has 6 heteroatoms. The average Bonchev–Trinajstić information content (AvgIpc) is 2.53. The van der Waals surface area contributed by atoms with Crippen LogP contribution < -0.4 is 5.73 Å². The molecule has 1 atom stereocenters. The second-order valence-corrected chi connectivity index (χ2v) is 5.94. The molecule has 1 saturated heterocycles. The van der Waals surface area contributed by atoms with E-state index in [-0.39, 0.29) is 17.6 Å². The summed E-state index contributed by atoms with van der Waals surface area (Å²) in [6.45, 7) is 5.18. The minimum absolute atomic E-state index is 0.0267. The van der Waals surface area contributed by atoms with Gasteiger partial charge in [0.2, 0.25) is 0 Å². The standard InChI is InChI=1S/C16H23N3O3/c1-3-12-4-5-14(10-15(12)19(21)22)16(20)18-8-6-13(7-9-18)11(2)17/h4-5,10-11,13H,3,6-9,17H2,1-2H3. The summed E-state index contributed by atoms with van der Waals surface area (Å²) in [5, 5.41) is 11.1. The number of nitrogens with two attached hydrogens (primary N) is 1. The van der Waals surface area contributed by atoms with Crippen molar-refractivity contribution < 1.29 is 9.72 Å². The number of likely N-dealkylation sites (tertiary alicyclic amines) is 1. The third-order valence-electron chi connectivity index (χ3n) is 4.48. The fourth-order valence-corrected chi connectivity index (χ4v) is 2.98. The molecule has 1 amide bonds. The molecule has 0 radical (unpaired) electrons. The molecule has 1 aliphatic heterocycles. The first-order valence-electron chi connectivity index (χ1n) is 7.76. The molecule has 0 aliphatic carbocycles. The van der Waals surface area contributed by atoms with Crippen LogP contribution in [0.25, 0.3) is 0 Å².